The Morgan fingerprint density at radius 3 is 2.65 bits per heavy atom. The molecule has 0 spiro atoms. The van der Waals surface area contributed by atoms with Crippen molar-refractivity contribution in [2.45, 2.75) is 12.5 Å². The number of thiophene rings is 1. The summed E-state index contributed by atoms with van der Waals surface area (Å²) in [6, 6.07) is 7.34. The summed E-state index contributed by atoms with van der Waals surface area (Å²) < 4.78 is 12.6. The second-order valence-corrected chi connectivity index (χ2v) is 6.97. The van der Waals surface area contributed by atoms with Crippen LogP contribution in [0.3, 0.4) is 0 Å². The topological polar surface area (TPSA) is 38.7 Å². The van der Waals surface area contributed by atoms with Gasteiger partial charge in [-0.2, -0.15) is 0 Å². The summed E-state index contributed by atoms with van der Waals surface area (Å²) in [7, 11) is 0. The molecule has 0 saturated carbocycles. The number of ether oxygens (including phenoxy) is 2. The fourth-order valence-electron chi connectivity index (χ4n) is 2.01. The molecule has 2 aromatic rings. The maximum Gasteiger partial charge on any atom is 0.161 e. The zero-order valence-electron chi connectivity index (χ0n) is 10.4. The van der Waals surface area contributed by atoms with Crippen LogP contribution < -0.4 is 9.47 Å². The van der Waals surface area contributed by atoms with Gasteiger partial charge in [-0.3, -0.25) is 0 Å². The third kappa shape index (κ3) is 2.81. The lowest BCUT2D eigenvalue weighted by Gasteiger charge is -2.12. The minimum absolute atomic E-state index is 0.628. The SMILES string of the molecule is OC(c1ccc2c(c1)OCCCO2)c1cc(Br)c(Cl)s1. The summed E-state index contributed by atoms with van der Waals surface area (Å²) in [5.41, 5.74) is 0.764. The van der Waals surface area contributed by atoms with Gasteiger partial charge < -0.3 is 14.6 Å². The van der Waals surface area contributed by atoms with E-state index in [9.17, 15) is 5.11 Å². The van der Waals surface area contributed by atoms with Gasteiger partial charge >= 0.3 is 0 Å². The number of hydrogen-bond donors (Lipinski definition) is 1. The van der Waals surface area contributed by atoms with Crippen LogP contribution in [0.1, 0.15) is 23.0 Å². The third-order valence-corrected chi connectivity index (χ3v) is 5.55. The Bertz CT molecular complexity index is 609. The van der Waals surface area contributed by atoms with Crippen LogP contribution in [0, 0.1) is 0 Å². The predicted molar refractivity (Wildman–Crippen MR) is 83.1 cm³/mol. The second-order valence-electron chi connectivity index (χ2n) is 4.43. The monoisotopic (exact) mass is 374 g/mol. The Morgan fingerprint density at radius 2 is 1.95 bits per heavy atom. The van der Waals surface area contributed by atoms with Crippen LogP contribution >= 0.6 is 38.9 Å². The Hall–Kier alpha value is -0.750. The van der Waals surface area contributed by atoms with Crippen molar-refractivity contribution in [1.82, 2.24) is 0 Å². The van der Waals surface area contributed by atoms with Gasteiger partial charge in [0.2, 0.25) is 0 Å². The first-order valence-corrected chi connectivity index (χ1v) is 8.16. The van der Waals surface area contributed by atoms with E-state index in [1.165, 1.54) is 11.3 Å². The fourth-order valence-corrected chi connectivity index (χ4v) is 3.76. The van der Waals surface area contributed by atoms with E-state index < -0.39 is 6.10 Å². The zero-order valence-corrected chi connectivity index (χ0v) is 13.6. The molecular formula is C14H12BrClO3S. The van der Waals surface area contributed by atoms with E-state index in [-0.39, 0.29) is 0 Å². The maximum atomic E-state index is 10.4. The number of halogens is 2. The highest BCUT2D eigenvalue weighted by atomic mass is 79.9. The van der Waals surface area contributed by atoms with E-state index in [2.05, 4.69) is 15.9 Å². The second kappa shape index (κ2) is 5.93. The molecule has 0 amide bonds. The lowest BCUT2D eigenvalue weighted by molar-refractivity contribution is 0.223. The Morgan fingerprint density at radius 1 is 1.20 bits per heavy atom. The number of benzene rings is 1. The van der Waals surface area contributed by atoms with Crippen LogP contribution in [0.2, 0.25) is 4.34 Å². The highest BCUT2D eigenvalue weighted by molar-refractivity contribution is 9.10. The van der Waals surface area contributed by atoms with Crippen molar-refractivity contribution in [3.05, 3.63) is 43.5 Å². The summed E-state index contributed by atoms with van der Waals surface area (Å²) in [5.74, 6) is 1.41. The quantitative estimate of drug-likeness (QED) is 0.845. The molecular weight excluding hydrogens is 364 g/mol. The van der Waals surface area contributed by atoms with Gasteiger partial charge in [-0.05, 0) is 39.7 Å². The summed E-state index contributed by atoms with van der Waals surface area (Å²) in [6.45, 7) is 1.28. The number of hydrogen-bond acceptors (Lipinski definition) is 4. The molecule has 0 fully saturated rings. The van der Waals surface area contributed by atoms with Crippen molar-refractivity contribution >= 4 is 38.9 Å². The molecule has 3 rings (SSSR count). The van der Waals surface area contributed by atoms with E-state index in [0.717, 1.165) is 27.1 Å². The van der Waals surface area contributed by atoms with Crippen molar-refractivity contribution in [1.29, 1.82) is 0 Å². The van der Waals surface area contributed by atoms with E-state index in [1.54, 1.807) is 0 Å². The highest BCUT2D eigenvalue weighted by Crippen LogP contribution is 2.39. The van der Waals surface area contributed by atoms with Gasteiger partial charge in [0.15, 0.2) is 11.5 Å². The maximum absolute atomic E-state index is 10.4. The summed E-state index contributed by atoms with van der Waals surface area (Å²) in [4.78, 5) is 0.788. The van der Waals surface area contributed by atoms with Gasteiger partial charge in [0.25, 0.3) is 0 Å². The molecule has 1 atom stereocenters. The van der Waals surface area contributed by atoms with Crippen LogP contribution in [0.5, 0.6) is 11.5 Å². The van der Waals surface area contributed by atoms with Crippen LogP contribution in [0.4, 0.5) is 0 Å². The van der Waals surface area contributed by atoms with Gasteiger partial charge in [-0.25, -0.2) is 0 Å². The average molecular weight is 376 g/mol. The molecule has 0 radical (unpaired) electrons. The lowest BCUT2D eigenvalue weighted by Crippen LogP contribution is -1.99. The van der Waals surface area contributed by atoms with Crippen molar-refractivity contribution in [2.24, 2.45) is 0 Å². The number of fused-ring (bicyclic) bond motifs is 1. The number of aliphatic hydroxyl groups excluding tert-OH is 1. The van der Waals surface area contributed by atoms with E-state index in [1.807, 2.05) is 24.3 Å². The molecule has 3 nitrogen and oxygen atoms in total. The first-order chi connectivity index (χ1) is 9.65. The van der Waals surface area contributed by atoms with Crippen LogP contribution in [0.25, 0.3) is 0 Å². The molecule has 1 N–H and O–H groups in total. The molecule has 6 heteroatoms. The van der Waals surface area contributed by atoms with E-state index in [0.29, 0.717) is 23.3 Å². The average Bonchev–Trinajstić information content (AvgIpc) is 2.67. The normalized spacial score (nSPS) is 15.8. The molecule has 0 aliphatic carbocycles. The molecule has 1 aromatic carbocycles. The highest BCUT2D eigenvalue weighted by Gasteiger charge is 2.18. The molecule has 1 aromatic heterocycles. The molecule has 106 valence electrons. The Kier molecular flexibility index (Phi) is 4.21. The van der Waals surface area contributed by atoms with Crippen molar-refractivity contribution in [3.8, 4) is 11.5 Å². The van der Waals surface area contributed by atoms with Gasteiger partial charge in [-0.15, -0.1) is 11.3 Å². The summed E-state index contributed by atoms with van der Waals surface area (Å²) in [6.07, 6.45) is 0.140. The minimum Gasteiger partial charge on any atom is -0.490 e. The minimum atomic E-state index is -0.721. The summed E-state index contributed by atoms with van der Waals surface area (Å²) >= 11 is 10.7. The third-order valence-electron chi connectivity index (χ3n) is 3.02. The predicted octanol–water partition coefficient (Wildman–Crippen LogP) is 4.41. The number of aliphatic hydroxyl groups is 1. The lowest BCUT2D eigenvalue weighted by atomic mass is 10.1. The first-order valence-electron chi connectivity index (χ1n) is 6.17. The standard InChI is InChI=1S/C14H12BrClO3S/c15-9-7-12(20-14(9)16)13(17)8-2-3-10-11(6-8)19-5-1-4-18-10/h2-3,6-7,13,17H,1,4-5H2. The van der Waals surface area contributed by atoms with Crippen molar-refractivity contribution < 1.29 is 14.6 Å². The Balaban J connectivity index is 1.92. The molecule has 20 heavy (non-hydrogen) atoms. The Labute approximate surface area is 134 Å². The van der Waals surface area contributed by atoms with Gasteiger partial charge in [0.1, 0.15) is 10.4 Å². The fraction of sp³-hybridized carbons (Fsp3) is 0.286. The molecule has 0 bridgehead atoms. The molecule has 1 aliphatic heterocycles. The number of rotatable bonds is 2. The van der Waals surface area contributed by atoms with Gasteiger partial charge in [0.05, 0.1) is 13.2 Å². The molecule has 1 unspecified atom stereocenters. The van der Waals surface area contributed by atoms with Gasteiger partial charge in [0, 0.05) is 15.8 Å². The largest absolute Gasteiger partial charge is 0.490 e. The van der Waals surface area contributed by atoms with Crippen LogP contribution in [-0.2, 0) is 0 Å². The van der Waals surface area contributed by atoms with E-state index in [4.69, 9.17) is 21.1 Å². The van der Waals surface area contributed by atoms with Crippen LogP contribution in [0.15, 0.2) is 28.7 Å². The van der Waals surface area contributed by atoms with Crippen molar-refractivity contribution in [2.75, 3.05) is 13.2 Å². The first kappa shape index (κ1) is 14.2. The van der Waals surface area contributed by atoms with Crippen molar-refractivity contribution in [3.63, 3.8) is 0 Å². The zero-order chi connectivity index (χ0) is 14.1. The molecule has 2 heterocycles. The molecule has 0 saturated heterocycles. The molecule has 1 aliphatic rings. The van der Waals surface area contributed by atoms with E-state index >= 15 is 0 Å². The smallest absolute Gasteiger partial charge is 0.161 e. The van der Waals surface area contributed by atoms with Gasteiger partial charge in [-0.1, -0.05) is 17.7 Å². The summed E-state index contributed by atoms with van der Waals surface area (Å²) in [5, 5.41) is 10.4. The van der Waals surface area contributed by atoms with Crippen LogP contribution in [-0.4, -0.2) is 18.3 Å².